The maximum atomic E-state index is 12.2. The second-order valence-electron chi connectivity index (χ2n) is 7.04. The van der Waals surface area contributed by atoms with Gasteiger partial charge in [0, 0.05) is 24.7 Å². The summed E-state index contributed by atoms with van der Waals surface area (Å²) in [5.74, 6) is 0.355. The first-order valence-electron chi connectivity index (χ1n) is 7.89. The molecule has 0 aliphatic carbocycles. The van der Waals surface area contributed by atoms with Crippen molar-refractivity contribution in [1.82, 2.24) is 15.4 Å². The standard InChI is InChI=1S/C16H25N3O4/c1-10-8-12(17-14(20)13-9-11(2)23-18-13)6-7-19(10)15(21)22-16(3,4)5/h9-10,12H,6-8H2,1-5H3,(H,17,20)/t10-,12+/m1/s1. The number of carbonyl (C=O) groups is 2. The van der Waals surface area contributed by atoms with Crippen LogP contribution >= 0.6 is 0 Å². The molecule has 7 nitrogen and oxygen atoms in total. The average Bonchev–Trinajstić information content (AvgIpc) is 2.83. The number of nitrogens with one attached hydrogen (secondary N) is 1. The Labute approximate surface area is 136 Å². The summed E-state index contributed by atoms with van der Waals surface area (Å²) < 4.78 is 10.3. The van der Waals surface area contributed by atoms with E-state index >= 15 is 0 Å². The van der Waals surface area contributed by atoms with Gasteiger partial charge in [-0.05, 0) is 47.5 Å². The summed E-state index contributed by atoms with van der Waals surface area (Å²) in [7, 11) is 0. The summed E-state index contributed by atoms with van der Waals surface area (Å²) in [6.07, 6.45) is 1.07. The molecule has 1 aromatic heterocycles. The van der Waals surface area contributed by atoms with Crippen molar-refractivity contribution < 1.29 is 18.8 Å². The van der Waals surface area contributed by atoms with Gasteiger partial charge in [-0.3, -0.25) is 4.79 Å². The Hall–Kier alpha value is -2.05. The number of rotatable bonds is 2. The lowest BCUT2D eigenvalue weighted by Crippen LogP contribution is -2.52. The quantitative estimate of drug-likeness (QED) is 0.904. The van der Waals surface area contributed by atoms with Gasteiger partial charge >= 0.3 is 6.09 Å². The predicted molar refractivity (Wildman–Crippen MR) is 84.1 cm³/mol. The normalized spacial score (nSPS) is 21.9. The molecule has 0 aromatic carbocycles. The van der Waals surface area contributed by atoms with E-state index in [1.165, 1.54) is 0 Å². The smallest absolute Gasteiger partial charge is 0.410 e. The summed E-state index contributed by atoms with van der Waals surface area (Å²) in [6, 6.07) is 1.62. The van der Waals surface area contributed by atoms with E-state index in [0.29, 0.717) is 25.1 Å². The summed E-state index contributed by atoms with van der Waals surface area (Å²) in [6.45, 7) is 9.81. The van der Waals surface area contributed by atoms with Crippen LogP contribution in [0.15, 0.2) is 10.6 Å². The third kappa shape index (κ3) is 4.71. The zero-order valence-corrected chi connectivity index (χ0v) is 14.4. The number of piperidine rings is 1. The second-order valence-corrected chi connectivity index (χ2v) is 7.04. The molecule has 1 fully saturated rings. The highest BCUT2D eigenvalue weighted by atomic mass is 16.6. The van der Waals surface area contributed by atoms with Crippen LogP contribution in [0.1, 0.15) is 56.8 Å². The van der Waals surface area contributed by atoms with Gasteiger partial charge in [0.2, 0.25) is 0 Å². The molecule has 23 heavy (non-hydrogen) atoms. The fraction of sp³-hybridized carbons (Fsp3) is 0.688. The van der Waals surface area contributed by atoms with Crippen molar-refractivity contribution in [1.29, 1.82) is 0 Å². The van der Waals surface area contributed by atoms with Crippen LogP contribution in [0.3, 0.4) is 0 Å². The number of hydrogen-bond acceptors (Lipinski definition) is 5. The topological polar surface area (TPSA) is 84.7 Å². The Morgan fingerprint density at radius 2 is 2.13 bits per heavy atom. The zero-order valence-electron chi connectivity index (χ0n) is 14.4. The molecule has 0 bridgehead atoms. The first kappa shape index (κ1) is 17.3. The molecule has 128 valence electrons. The molecule has 1 saturated heterocycles. The van der Waals surface area contributed by atoms with Crippen molar-refractivity contribution in [2.24, 2.45) is 0 Å². The molecule has 0 spiro atoms. The van der Waals surface area contributed by atoms with E-state index in [1.54, 1.807) is 17.9 Å². The summed E-state index contributed by atoms with van der Waals surface area (Å²) in [4.78, 5) is 26.0. The second kappa shape index (κ2) is 6.60. The van der Waals surface area contributed by atoms with Gasteiger partial charge in [0.15, 0.2) is 5.69 Å². The number of aromatic nitrogens is 1. The minimum absolute atomic E-state index is 0.00273. The van der Waals surface area contributed by atoms with Crippen LogP contribution in [0.5, 0.6) is 0 Å². The number of hydrogen-bond donors (Lipinski definition) is 1. The Balaban J connectivity index is 1.88. The van der Waals surface area contributed by atoms with Gasteiger partial charge in [0.05, 0.1) is 0 Å². The fourth-order valence-electron chi connectivity index (χ4n) is 2.63. The third-order valence-corrected chi connectivity index (χ3v) is 3.70. The molecule has 2 atom stereocenters. The van der Waals surface area contributed by atoms with Crippen molar-refractivity contribution in [3.63, 3.8) is 0 Å². The van der Waals surface area contributed by atoms with Crippen LogP contribution in [0, 0.1) is 6.92 Å². The van der Waals surface area contributed by atoms with E-state index in [9.17, 15) is 9.59 Å². The van der Waals surface area contributed by atoms with E-state index in [0.717, 1.165) is 0 Å². The lowest BCUT2D eigenvalue weighted by Gasteiger charge is -2.38. The van der Waals surface area contributed by atoms with Crippen molar-refractivity contribution in [2.75, 3.05) is 6.54 Å². The van der Waals surface area contributed by atoms with E-state index in [1.807, 2.05) is 27.7 Å². The zero-order chi connectivity index (χ0) is 17.2. The van der Waals surface area contributed by atoms with Crippen LogP contribution in [0.4, 0.5) is 4.79 Å². The first-order valence-corrected chi connectivity index (χ1v) is 7.89. The number of nitrogens with zero attached hydrogens (tertiary/aromatic N) is 2. The monoisotopic (exact) mass is 323 g/mol. The van der Waals surface area contributed by atoms with Gasteiger partial charge in [0.1, 0.15) is 11.4 Å². The van der Waals surface area contributed by atoms with Gasteiger partial charge in [-0.15, -0.1) is 0 Å². The summed E-state index contributed by atoms with van der Waals surface area (Å²) in [5, 5.41) is 6.66. The number of likely N-dealkylation sites (tertiary alicyclic amines) is 1. The predicted octanol–water partition coefficient (Wildman–Crippen LogP) is 2.50. The summed E-state index contributed by atoms with van der Waals surface area (Å²) >= 11 is 0. The fourth-order valence-corrected chi connectivity index (χ4v) is 2.63. The van der Waals surface area contributed by atoms with Gasteiger partial charge in [-0.1, -0.05) is 5.16 Å². The Kier molecular flexibility index (Phi) is 4.97. The highest BCUT2D eigenvalue weighted by molar-refractivity contribution is 5.92. The largest absolute Gasteiger partial charge is 0.444 e. The molecule has 2 rings (SSSR count). The molecule has 0 radical (unpaired) electrons. The van der Waals surface area contributed by atoms with Gasteiger partial charge in [-0.25, -0.2) is 4.79 Å². The third-order valence-electron chi connectivity index (χ3n) is 3.70. The summed E-state index contributed by atoms with van der Waals surface area (Å²) in [5.41, 5.74) is -0.225. The molecule has 1 aliphatic rings. The lowest BCUT2D eigenvalue weighted by atomic mass is 9.98. The molecule has 2 heterocycles. The van der Waals surface area contributed by atoms with Crippen molar-refractivity contribution in [3.05, 3.63) is 17.5 Å². The number of carbonyl (C=O) groups excluding carboxylic acids is 2. The van der Waals surface area contributed by atoms with Crippen molar-refractivity contribution in [3.8, 4) is 0 Å². The SMILES string of the molecule is Cc1cc(C(=O)N[C@H]2CCN(C(=O)OC(C)(C)C)[C@H](C)C2)no1. The van der Waals surface area contributed by atoms with E-state index < -0.39 is 5.60 Å². The van der Waals surface area contributed by atoms with Gasteiger partial charge < -0.3 is 19.5 Å². The molecule has 2 amide bonds. The number of aryl methyl sites for hydroxylation is 1. The van der Waals surface area contributed by atoms with Gasteiger partial charge in [-0.2, -0.15) is 0 Å². The molecule has 1 N–H and O–H groups in total. The lowest BCUT2D eigenvalue weighted by molar-refractivity contribution is 0.00959. The minimum atomic E-state index is -0.507. The van der Waals surface area contributed by atoms with Crippen LogP contribution in [-0.2, 0) is 4.74 Å². The van der Waals surface area contributed by atoms with Gasteiger partial charge in [0.25, 0.3) is 5.91 Å². The van der Waals surface area contributed by atoms with Crippen LogP contribution < -0.4 is 5.32 Å². The molecule has 0 unspecified atom stereocenters. The van der Waals surface area contributed by atoms with E-state index in [2.05, 4.69) is 10.5 Å². The van der Waals surface area contributed by atoms with Crippen LogP contribution in [-0.4, -0.2) is 46.3 Å². The number of ether oxygens (including phenoxy) is 1. The molecular weight excluding hydrogens is 298 g/mol. The Bertz CT molecular complexity index is 576. The van der Waals surface area contributed by atoms with Crippen LogP contribution in [0.2, 0.25) is 0 Å². The molecule has 7 heteroatoms. The molecule has 1 aliphatic heterocycles. The minimum Gasteiger partial charge on any atom is -0.444 e. The Morgan fingerprint density at radius 3 is 2.65 bits per heavy atom. The van der Waals surface area contributed by atoms with Crippen LogP contribution in [0.25, 0.3) is 0 Å². The van der Waals surface area contributed by atoms with E-state index in [-0.39, 0.29) is 29.8 Å². The van der Waals surface area contributed by atoms with E-state index in [4.69, 9.17) is 9.26 Å². The Morgan fingerprint density at radius 1 is 1.43 bits per heavy atom. The molecule has 1 aromatic rings. The maximum Gasteiger partial charge on any atom is 0.410 e. The highest BCUT2D eigenvalue weighted by Gasteiger charge is 2.32. The van der Waals surface area contributed by atoms with Crippen molar-refractivity contribution in [2.45, 2.75) is 65.1 Å². The highest BCUT2D eigenvalue weighted by Crippen LogP contribution is 2.21. The molecular formula is C16H25N3O4. The average molecular weight is 323 g/mol. The first-order chi connectivity index (χ1) is 10.7. The van der Waals surface area contributed by atoms with Crippen molar-refractivity contribution >= 4 is 12.0 Å². The number of amides is 2. The maximum absolute atomic E-state index is 12.2. The molecule has 0 saturated carbocycles.